The first kappa shape index (κ1) is 67.0. The van der Waals surface area contributed by atoms with Crippen LogP contribution >= 0.6 is 11.6 Å². The molecule has 3 aromatic carbocycles. The number of esters is 4. The zero-order valence-corrected chi connectivity index (χ0v) is 49.2. The van der Waals surface area contributed by atoms with Gasteiger partial charge in [-0.3, -0.25) is 33.6 Å². The van der Waals surface area contributed by atoms with Gasteiger partial charge in [0.25, 0.3) is 0 Å². The highest BCUT2D eigenvalue weighted by molar-refractivity contribution is 6.17. The van der Waals surface area contributed by atoms with E-state index in [1.165, 1.54) is 39.8 Å². The van der Waals surface area contributed by atoms with Crippen molar-refractivity contribution < 1.29 is 85.0 Å². The number of ether oxygens (including phenoxy) is 8. The van der Waals surface area contributed by atoms with Crippen LogP contribution < -0.4 is 30.0 Å². The molecule has 0 atom stereocenters. The number of aryl methyl sites for hydroxylation is 1. The highest BCUT2D eigenvalue weighted by Gasteiger charge is 2.29. The minimum atomic E-state index is -1.18. The normalized spacial score (nSPS) is 11.1. The van der Waals surface area contributed by atoms with E-state index in [0.717, 1.165) is 49.4 Å². The summed E-state index contributed by atoms with van der Waals surface area (Å²) in [5.41, 5.74) is -0.0205. The van der Waals surface area contributed by atoms with E-state index in [4.69, 9.17) is 53.9 Å². The van der Waals surface area contributed by atoms with Crippen LogP contribution in [-0.4, -0.2) is 157 Å². The maximum atomic E-state index is 16.3. The molecule has 2 N–H and O–H groups in total. The average molecular weight is 1200 g/mol. The molecule has 0 aromatic heterocycles. The zero-order valence-electron chi connectivity index (χ0n) is 48.4. The molecular weight excluding hydrogens is 1120 g/mol. The summed E-state index contributed by atoms with van der Waals surface area (Å²) in [4.78, 5) is 94.9. The molecule has 5 rings (SSSR count). The summed E-state index contributed by atoms with van der Waals surface area (Å²) >= 11 is 5.72. The number of benzene rings is 4. The van der Waals surface area contributed by atoms with Gasteiger partial charge in [-0.05, 0) is 95.0 Å². The van der Waals surface area contributed by atoms with Gasteiger partial charge in [0.2, 0.25) is 17.2 Å². The van der Waals surface area contributed by atoms with Crippen molar-refractivity contribution in [3.63, 3.8) is 0 Å². The zero-order chi connectivity index (χ0) is 61.1. The van der Waals surface area contributed by atoms with Crippen LogP contribution in [0.1, 0.15) is 77.8 Å². The minimum absolute atomic E-state index is 0.00960. The molecule has 0 spiro atoms. The van der Waals surface area contributed by atoms with E-state index in [9.17, 15) is 38.7 Å². The summed E-state index contributed by atoms with van der Waals surface area (Å²) < 4.78 is 82.8. The second kappa shape index (κ2) is 34.8. The maximum absolute atomic E-state index is 16.3. The third-order valence-electron chi connectivity index (χ3n) is 12.7. The summed E-state index contributed by atoms with van der Waals surface area (Å²) in [7, 11) is 0. The van der Waals surface area contributed by atoms with Crippen molar-refractivity contribution in [1.82, 2.24) is 10.2 Å². The van der Waals surface area contributed by atoms with E-state index < -0.39 is 78.1 Å². The molecule has 2 amide bonds. The van der Waals surface area contributed by atoms with Crippen LogP contribution in [0.25, 0.3) is 33.4 Å². The van der Waals surface area contributed by atoms with Crippen molar-refractivity contribution in [3.05, 3.63) is 87.6 Å². The van der Waals surface area contributed by atoms with E-state index >= 15 is 8.78 Å². The molecule has 3 aromatic rings. The van der Waals surface area contributed by atoms with Crippen molar-refractivity contribution in [2.75, 3.05) is 121 Å². The fraction of sp³-hybridized carbons (Fsp3) is 0.483. The van der Waals surface area contributed by atoms with E-state index in [1.54, 1.807) is 45.9 Å². The van der Waals surface area contributed by atoms with Crippen LogP contribution in [0.5, 0.6) is 17.2 Å². The third-order valence-corrected chi connectivity index (χ3v) is 13.0. The lowest BCUT2D eigenvalue weighted by molar-refractivity contribution is -0.144. The highest BCUT2D eigenvalue weighted by Crippen LogP contribution is 2.46. The van der Waals surface area contributed by atoms with Gasteiger partial charge in [0.1, 0.15) is 62.2 Å². The number of amides is 2. The molecule has 84 heavy (non-hydrogen) atoms. The van der Waals surface area contributed by atoms with Gasteiger partial charge in [-0.15, -0.1) is 11.6 Å². The molecule has 1 aliphatic heterocycles. The van der Waals surface area contributed by atoms with Crippen LogP contribution in [0.2, 0.25) is 0 Å². The van der Waals surface area contributed by atoms with Crippen molar-refractivity contribution in [2.24, 2.45) is 0 Å². The minimum Gasteiger partial charge on any atom is -0.504 e. The van der Waals surface area contributed by atoms with Crippen LogP contribution in [0.15, 0.2) is 63.8 Å². The molecular formula is C60H75ClF2N4O17. The number of halogens is 3. The Labute approximate surface area is 491 Å². The summed E-state index contributed by atoms with van der Waals surface area (Å²) in [6, 6.07) is 12.3. The fourth-order valence-electron chi connectivity index (χ4n) is 8.86. The lowest BCUT2D eigenvalue weighted by Gasteiger charge is -2.27. The van der Waals surface area contributed by atoms with E-state index in [2.05, 4.69) is 5.32 Å². The summed E-state index contributed by atoms with van der Waals surface area (Å²) in [6.45, 7) is 8.79. The van der Waals surface area contributed by atoms with E-state index in [-0.39, 0.29) is 135 Å². The summed E-state index contributed by atoms with van der Waals surface area (Å²) in [5, 5.41) is 14.1. The van der Waals surface area contributed by atoms with Crippen molar-refractivity contribution >= 4 is 69.6 Å². The van der Waals surface area contributed by atoms with Gasteiger partial charge in [0.15, 0.2) is 17.4 Å². The molecule has 24 heteroatoms. The predicted molar refractivity (Wildman–Crippen MR) is 309 cm³/mol. The molecule has 21 nitrogen and oxygen atoms in total. The number of fused-ring (bicyclic) bond motifs is 2. The van der Waals surface area contributed by atoms with Gasteiger partial charge in [-0.25, -0.2) is 8.78 Å². The van der Waals surface area contributed by atoms with Crippen LogP contribution in [0.4, 0.5) is 20.2 Å². The Hall–Kier alpha value is -7.76. The molecule has 1 heterocycles. The lowest BCUT2D eigenvalue weighted by Crippen LogP contribution is -2.36. The van der Waals surface area contributed by atoms with Gasteiger partial charge < -0.3 is 67.4 Å². The van der Waals surface area contributed by atoms with Gasteiger partial charge >= 0.3 is 23.9 Å². The van der Waals surface area contributed by atoms with Crippen molar-refractivity contribution in [3.8, 4) is 39.7 Å². The molecule has 458 valence electrons. The topological polar surface area (TPSA) is 248 Å². The number of carbonyl (C=O) groups is 6. The number of phenols is 1. The first-order valence-corrected chi connectivity index (χ1v) is 28.4. The number of nitrogens with one attached hydrogen (secondary N) is 1. The van der Waals surface area contributed by atoms with Gasteiger partial charge in [0.05, 0.1) is 69.7 Å². The Morgan fingerprint density at radius 2 is 1.20 bits per heavy atom. The second-order valence-electron chi connectivity index (χ2n) is 19.0. The van der Waals surface area contributed by atoms with Gasteiger partial charge in [-0.1, -0.05) is 25.0 Å². The third kappa shape index (κ3) is 20.2. The molecule has 0 radical (unpaired) electrons. The Kier molecular flexibility index (Phi) is 27.7. The fourth-order valence-corrected chi connectivity index (χ4v) is 9.04. The molecule has 1 aliphatic carbocycles. The number of nitrogens with zero attached hydrogens (tertiary/aromatic N) is 3. The van der Waals surface area contributed by atoms with E-state index in [0.29, 0.717) is 31.4 Å². The number of phenolic OH excluding ortho intramolecular Hbond substituents is 1. The molecule has 0 unspecified atom stereocenters. The Bertz CT molecular complexity index is 3010. The predicted octanol–water partition coefficient (Wildman–Crippen LogP) is 7.87. The van der Waals surface area contributed by atoms with Crippen molar-refractivity contribution in [1.29, 1.82) is 0 Å². The molecule has 2 aliphatic rings. The van der Waals surface area contributed by atoms with Gasteiger partial charge in [-0.2, -0.15) is 0 Å². The SMILES string of the molecule is CCOC(=O)CN(CC(=O)OCC)c1ccc(C)cc1OCCOc1cc(-c2c3cc(F)c(=O)cc-3oc3c(CN(CCC(=O)NCCOCCOCCCCCCCl)C(C)=O)c(O)c(F)cc23)ccc1N(CC(=O)OCC)CC(=O)OCC. The molecule has 0 bridgehead atoms. The number of unbranched alkanes of at least 4 members (excludes halogenated alkanes) is 3. The number of aromatic hydroxyl groups is 1. The molecule has 0 saturated carbocycles. The smallest absolute Gasteiger partial charge is 0.325 e. The maximum Gasteiger partial charge on any atom is 0.325 e. The quantitative estimate of drug-likeness (QED) is 0.0126. The number of hydrogen-bond donors (Lipinski definition) is 2. The molecule has 0 fully saturated rings. The number of alkyl halides is 1. The lowest BCUT2D eigenvalue weighted by atomic mass is 9.91. The monoisotopic (exact) mass is 1200 g/mol. The van der Waals surface area contributed by atoms with Crippen LogP contribution in [0.3, 0.4) is 0 Å². The number of carbonyl (C=O) groups excluding carboxylic acids is 6. The largest absolute Gasteiger partial charge is 0.504 e. The number of anilines is 2. The number of hydrogen-bond acceptors (Lipinski definition) is 19. The van der Waals surface area contributed by atoms with Crippen LogP contribution in [-0.2, 0) is 63.7 Å². The first-order chi connectivity index (χ1) is 40.4. The summed E-state index contributed by atoms with van der Waals surface area (Å²) in [6.07, 6.45) is 3.78. The second-order valence-corrected chi connectivity index (χ2v) is 19.3. The average Bonchev–Trinajstić information content (AvgIpc) is 1.33. The Morgan fingerprint density at radius 3 is 1.76 bits per heavy atom. The Balaban J connectivity index is 1.52. The molecule has 0 saturated heterocycles. The van der Waals surface area contributed by atoms with Crippen LogP contribution in [0, 0.1) is 18.6 Å². The summed E-state index contributed by atoms with van der Waals surface area (Å²) in [5.74, 6) is -6.17. The van der Waals surface area contributed by atoms with Gasteiger partial charge in [0, 0.05) is 61.5 Å². The first-order valence-electron chi connectivity index (χ1n) is 27.9. The standard InChI is InChI=1S/C60H75ClF2N4O17/c1-7-78-54(71)35-66(36-55(72)79-8-2)47-17-15-39(5)29-51(47)82-27-28-83-52-30-41(16-18-48(52)67(37-56(73)80-9-3)38-57(74)81-10-4)58-42-31-45(62)49(69)33-50(42)84-60-43(58)32-46(63)59(75)44(60)34-65(40(6)68)22-19-53(70)64-21-24-77-26-25-76-23-14-12-11-13-20-61/h15-18,29-33,75H,7-14,19-28,34-38H2,1-6H3,(H,64,70). The van der Waals surface area contributed by atoms with E-state index in [1.807, 2.05) is 6.92 Å². The number of rotatable bonds is 37. The van der Waals surface area contributed by atoms with Crippen molar-refractivity contribution in [2.45, 2.75) is 80.2 Å². The highest BCUT2D eigenvalue weighted by atomic mass is 35.5. The Morgan fingerprint density at radius 1 is 0.655 bits per heavy atom.